The summed E-state index contributed by atoms with van der Waals surface area (Å²) in [5.74, 6) is 0. The number of halogens is 3. The molecule has 12 heavy (non-hydrogen) atoms. The number of hydrogen-bond donors (Lipinski definition) is 2. The Morgan fingerprint density at radius 3 is 2.58 bits per heavy atom. The average Bonchev–Trinajstić information content (AvgIpc) is 2.03. The van der Waals surface area contributed by atoms with Crippen molar-refractivity contribution in [3.05, 3.63) is 11.8 Å². The van der Waals surface area contributed by atoms with Gasteiger partial charge in [-0.2, -0.15) is 0 Å². The summed E-state index contributed by atoms with van der Waals surface area (Å²) in [7, 11) is 0. The maximum atomic E-state index is 11.6. The van der Waals surface area contributed by atoms with Crippen molar-refractivity contribution in [2.75, 3.05) is 13.2 Å². The number of hydrogen-bond acceptors (Lipinski definition) is 3. The number of aliphatic hydroxyl groups excluding tert-OH is 1. The van der Waals surface area contributed by atoms with Crippen LogP contribution in [0.25, 0.3) is 0 Å². The Hall–Kier alpha value is -0.490. The molecule has 0 heterocycles. The topological polar surface area (TPSA) is 58.6 Å². The van der Waals surface area contributed by atoms with Crippen molar-refractivity contribution in [3.63, 3.8) is 0 Å². The zero-order valence-corrected chi connectivity index (χ0v) is 7.76. The van der Waals surface area contributed by atoms with Crippen LogP contribution in [0.3, 0.4) is 0 Å². The van der Waals surface area contributed by atoms with Crippen LogP contribution in [-0.2, 0) is 0 Å². The molecule has 0 spiro atoms. The van der Waals surface area contributed by atoms with Gasteiger partial charge in [-0.15, -0.1) is 0 Å². The quantitative estimate of drug-likeness (QED) is 0.720. The summed E-state index contributed by atoms with van der Waals surface area (Å²) in [6.45, 7) is -0.929. The van der Waals surface area contributed by atoms with Gasteiger partial charge in [0.15, 0.2) is 0 Å². The summed E-state index contributed by atoms with van der Waals surface area (Å²) >= 11 is 2.90. The molecule has 0 aliphatic carbocycles. The van der Waals surface area contributed by atoms with Crippen LogP contribution in [0.1, 0.15) is 0 Å². The van der Waals surface area contributed by atoms with Crippen LogP contribution in [0.15, 0.2) is 16.8 Å². The fourth-order valence-electron chi connectivity index (χ4n) is 0.437. The number of alkyl halides is 2. The summed E-state index contributed by atoms with van der Waals surface area (Å²) < 4.78 is 23.4. The lowest BCUT2D eigenvalue weighted by Crippen LogP contribution is -2.05. The average molecular weight is 243 g/mol. The molecule has 0 amide bonds. The van der Waals surface area contributed by atoms with E-state index in [0.717, 1.165) is 6.20 Å². The SMILES string of the molecule is NC=C(CO)C(Br)=NCC(F)F. The van der Waals surface area contributed by atoms with E-state index >= 15 is 0 Å². The molecule has 0 unspecified atom stereocenters. The third-order valence-electron chi connectivity index (χ3n) is 1.00. The lowest BCUT2D eigenvalue weighted by molar-refractivity contribution is 0.159. The van der Waals surface area contributed by atoms with Crippen molar-refractivity contribution < 1.29 is 13.9 Å². The monoisotopic (exact) mass is 242 g/mol. The molecule has 0 saturated heterocycles. The van der Waals surface area contributed by atoms with E-state index in [4.69, 9.17) is 10.8 Å². The minimum absolute atomic E-state index is 0.160. The zero-order valence-electron chi connectivity index (χ0n) is 6.17. The van der Waals surface area contributed by atoms with E-state index in [1.165, 1.54) is 0 Å². The van der Waals surface area contributed by atoms with Gasteiger partial charge in [0.25, 0.3) is 6.43 Å². The Kier molecular flexibility index (Phi) is 5.83. The van der Waals surface area contributed by atoms with E-state index < -0.39 is 13.0 Å². The van der Waals surface area contributed by atoms with E-state index in [9.17, 15) is 8.78 Å². The normalized spacial score (nSPS) is 14.1. The molecule has 0 aromatic rings. The van der Waals surface area contributed by atoms with Gasteiger partial charge in [-0.3, -0.25) is 4.99 Å². The van der Waals surface area contributed by atoms with Crippen LogP contribution in [0.4, 0.5) is 8.78 Å². The van der Waals surface area contributed by atoms with Crippen LogP contribution < -0.4 is 5.73 Å². The Labute approximate surface area is 77.1 Å². The molecule has 0 aliphatic heterocycles. The standard InChI is InChI=1S/C6H9BrF2N2O/c7-6(4(1-10)3-12)11-2-5(8)9/h1,5,12H,2-3,10H2. The highest BCUT2D eigenvalue weighted by molar-refractivity contribution is 9.18. The van der Waals surface area contributed by atoms with E-state index in [0.29, 0.717) is 0 Å². The molecule has 3 nitrogen and oxygen atoms in total. The Morgan fingerprint density at radius 1 is 1.67 bits per heavy atom. The first kappa shape index (κ1) is 11.5. The van der Waals surface area contributed by atoms with Gasteiger partial charge in [-0.05, 0) is 15.9 Å². The summed E-state index contributed by atoms with van der Waals surface area (Å²) in [4.78, 5) is 3.44. The van der Waals surface area contributed by atoms with Gasteiger partial charge in [0, 0.05) is 11.8 Å². The number of rotatable bonds is 4. The Morgan fingerprint density at radius 2 is 2.25 bits per heavy atom. The van der Waals surface area contributed by atoms with Crippen LogP contribution in [0.2, 0.25) is 0 Å². The molecular formula is C6H9BrF2N2O. The molecule has 0 bridgehead atoms. The first-order valence-corrected chi connectivity index (χ1v) is 3.91. The van der Waals surface area contributed by atoms with Gasteiger partial charge in [0.1, 0.15) is 11.2 Å². The van der Waals surface area contributed by atoms with Gasteiger partial charge in [-0.1, -0.05) is 0 Å². The molecule has 3 N–H and O–H groups in total. The highest BCUT2D eigenvalue weighted by Crippen LogP contribution is 2.04. The molecule has 0 atom stereocenters. The lowest BCUT2D eigenvalue weighted by Gasteiger charge is -1.99. The number of nitrogens with zero attached hydrogens (tertiary/aromatic N) is 1. The molecule has 0 rings (SSSR count). The van der Waals surface area contributed by atoms with Crippen LogP contribution in [-0.4, -0.2) is 29.3 Å². The molecule has 0 radical (unpaired) electrons. The second kappa shape index (κ2) is 6.07. The van der Waals surface area contributed by atoms with Gasteiger partial charge in [0.2, 0.25) is 0 Å². The van der Waals surface area contributed by atoms with Crippen molar-refractivity contribution in [1.29, 1.82) is 0 Å². The molecule has 0 aromatic carbocycles. The second-order valence-electron chi connectivity index (χ2n) is 1.87. The summed E-state index contributed by atoms with van der Waals surface area (Å²) in [5.41, 5.74) is 5.36. The van der Waals surface area contributed by atoms with Crippen LogP contribution in [0.5, 0.6) is 0 Å². The molecule has 0 saturated carbocycles. The molecular weight excluding hydrogens is 234 g/mol. The van der Waals surface area contributed by atoms with Crippen molar-refractivity contribution in [2.45, 2.75) is 6.43 Å². The van der Waals surface area contributed by atoms with Crippen molar-refractivity contribution in [3.8, 4) is 0 Å². The van der Waals surface area contributed by atoms with Crippen molar-refractivity contribution in [1.82, 2.24) is 0 Å². The summed E-state index contributed by atoms with van der Waals surface area (Å²) in [6, 6.07) is 0. The Balaban J connectivity index is 4.16. The number of nitrogens with two attached hydrogens (primary N) is 1. The van der Waals surface area contributed by atoms with Crippen LogP contribution >= 0.6 is 15.9 Å². The molecule has 0 aliphatic rings. The third-order valence-corrected chi connectivity index (χ3v) is 1.76. The summed E-state index contributed by atoms with van der Waals surface area (Å²) in [6.07, 6.45) is -1.38. The molecule has 6 heteroatoms. The minimum Gasteiger partial charge on any atom is -0.404 e. The van der Waals surface area contributed by atoms with E-state index in [-0.39, 0.29) is 16.8 Å². The second-order valence-corrected chi connectivity index (χ2v) is 2.62. The van der Waals surface area contributed by atoms with E-state index in [2.05, 4.69) is 20.9 Å². The van der Waals surface area contributed by atoms with E-state index in [1.807, 2.05) is 0 Å². The minimum atomic E-state index is -2.49. The third kappa shape index (κ3) is 4.40. The number of aliphatic imine (C=N–C) groups is 1. The van der Waals surface area contributed by atoms with E-state index in [1.54, 1.807) is 0 Å². The number of aliphatic hydroxyl groups is 1. The molecule has 70 valence electrons. The largest absolute Gasteiger partial charge is 0.404 e. The zero-order chi connectivity index (χ0) is 9.56. The van der Waals surface area contributed by atoms with Crippen molar-refractivity contribution in [2.24, 2.45) is 10.7 Å². The Bertz CT molecular complexity index is 194. The summed E-state index contributed by atoms with van der Waals surface area (Å²) in [5, 5.41) is 8.62. The highest BCUT2D eigenvalue weighted by Gasteiger charge is 2.04. The molecule has 0 aromatic heterocycles. The van der Waals surface area contributed by atoms with Gasteiger partial charge in [0.05, 0.1) is 6.61 Å². The first-order chi connectivity index (χ1) is 5.61. The predicted molar refractivity (Wildman–Crippen MR) is 46.6 cm³/mol. The molecule has 0 fully saturated rings. The fraction of sp³-hybridized carbons (Fsp3) is 0.500. The fourth-order valence-corrected chi connectivity index (χ4v) is 0.840. The smallest absolute Gasteiger partial charge is 0.257 e. The van der Waals surface area contributed by atoms with Gasteiger partial charge >= 0.3 is 0 Å². The van der Waals surface area contributed by atoms with Crippen LogP contribution in [0, 0.1) is 0 Å². The lowest BCUT2D eigenvalue weighted by atomic mass is 10.3. The first-order valence-electron chi connectivity index (χ1n) is 3.12. The van der Waals surface area contributed by atoms with Gasteiger partial charge in [-0.25, -0.2) is 8.78 Å². The van der Waals surface area contributed by atoms with Crippen molar-refractivity contribution >= 4 is 20.6 Å². The highest BCUT2D eigenvalue weighted by atomic mass is 79.9. The predicted octanol–water partition coefficient (Wildman–Crippen LogP) is 0.880. The van der Waals surface area contributed by atoms with Gasteiger partial charge < -0.3 is 10.8 Å². The maximum Gasteiger partial charge on any atom is 0.257 e. The maximum absolute atomic E-state index is 11.6.